The van der Waals surface area contributed by atoms with Crippen molar-refractivity contribution < 1.29 is 13.2 Å². The normalized spacial score (nSPS) is 10.9. The third-order valence-electron chi connectivity index (χ3n) is 2.22. The Morgan fingerprint density at radius 1 is 1.50 bits per heavy atom. The zero-order valence-corrected chi connectivity index (χ0v) is 12.3. The largest absolute Gasteiger partial charge is 0.496 e. The molecule has 0 atom stereocenters. The van der Waals surface area contributed by atoms with Gasteiger partial charge in [0.1, 0.15) is 5.75 Å². The van der Waals surface area contributed by atoms with Gasteiger partial charge in [0.2, 0.25) is 10.0 Å². The zero-order chi connectivity index (χ0) is 13.6. The second-order valence-electron chi connectivity index (χ2n) is 3.50. The molecule has 0 spiro atoms. The van der Waals surface area contributed by atoms with E-state index in [1.807, 2.05) is 0 Å². The fourth-order valence-electron chi connectivity index (χ4n) is 1.29. The Bertz CT molecular complexity index is 549. The average molecular weight is 332 g/mol. The van der Waals surface area contributed by atoms with Crippen molar-refractivity contribution in [2.45, 2.75) is 17.7 Å². The zero-order valence-electron chi connectivity index (χ0n) is 9.94. The molecule has 1 N–H and O–H groups in total. The van der Waals surface area contributed by atoms with Gasteiger partial charge in [-0.05, 0) is 40.5 Å². The Morgan fingerprint density at radius 3 is 2.78 bits per heavy atom. The summed E-state index contributed by atoms with van der Waals surface area (Å²) in [7, 11) is -1.97. The molecule has 0 aliphatic carbocycles. The van der Waals surface area contributed by atoms with Gasteiger partial charge >= 0.3 is 0 Å². The molecular formula is C12H14BrNO3S. The summed E-state index contributed by atoms with van der Waals surface area (Å²) in [5.74, 6) is 3.04. The van der Waals surface area contributed by atoms with E-state index in [2.05, 4.69) is 26.6 Å². The fourth-order valence-corrected chi connectivity index (χ4v) is 3.09. The van der Waals surface area contributed by atoms with Crippen LogP contribution in [0.4, 0.5) is 0 Å². The maximum atomic E-state index is 11.9. The first kappa shape index (κ1) is 15.0. The maximum Gasteiger partial charge on any atom is 0.240 e. The van der Waals surface area contributed by atoms with E-state index in [0.29, 0.717) is 29.6 Å². The van der Waals surface area contributed by atoms with Crippen LogP contribution >= 0.6 is 15.9 Å². The number of ether oxygens (including phenoxy) is 1. The van der Waals surface area contributed by atoms with Gasteiger partial charge in [0.05, 0.1) is 16.5 Å². The van der Waals surface area contributed by atoms with E-state index >= 15 is 0 Å². The number of rotatable bonds is 6. The van der Waals surface area contributed by atoms with E-state index in [1.165, 1.54) is 19.2 Å². The van der Waals surface area contributed by atoms with Crippen molar-refractivity contribution >= 4 is 26.0 Å². The monoisotopic (exact) mass is 331 g/mol. The third kappa shape index (κ3) is 4.02. The summed E-state index contributed by atoms with van der Waals surface area (Å²) in [6, 6.07) is 4.59. The van der Waals surface area contributed by atoms with Crippen LogP contribution in [-0.2, 0) is 10.0 Å². The van der Waals surface area contributed by atoms with Crippen molar-refractivity contribution in [3.8, 4) is 18.1 Å². The smallest absolute Gasteiger partial charge is 0.240 e. The van der Waals surface area contributed by atoms with Gasteiger partial charge in [-0.25, -0.2) is 13.1 Å². The Balaban J connectivity index is 2.79. The van der Waals surface area contributed by atoms with Gasteiger partial charge in [-0.3, -0.25) is 0 Å². The Labute approximate surface area is 116 Å². The predicted molar refractivity (Wildman–Crippen MR) is 73.9 cm³/mol. The minimum atomic E-state index is -3.49. The molecule has 0 amide bonds. The minimum absolute atomic E-state index is 0.191. The Morgan fingerprint density at radius 2 is 2.22 bits per heavy atom. The summed E-state index contributed by atoms with van der Waals surface area (Å²) in [5, 5.41) is 0. The number of halogens is 1. The Kier molecular flexibility index (Phi) is 5.66. The molecule has 0 aliphatic heterocycles. The highest BCUT2D eigenvalue weighted by molar-refractivity contribution is 9.10. The molecule has 0 radical (unpaired) electrons. The summed E-state index contributed by atoms with van der Waals surface area (Å²) in [5.41, 5.74) is 0. The van der Waals surface area contributed by atoms with Crippen LogP contribution in [0.5, 0.6) is 5.75 Å². The van der Waals surface area contributed by atoms with Crippen LogP contribution in [0, 0.1) is 12.3 Å². The van der Waals surface area contributed by atoms with Gasteiger partial charge < -0.3 is 4.74 Å². The van der Waals surface area contributed by atoms with Crippen LogP contribution in [-0.4, -0.2) is 22.1 Å². The standard InChI is InChI=1S/C12H14BrNO3S/c1-3-4-5-8-14-18(15,16)10-6-7-12(17-2)11(13)9-10/h1,6-7,9,14H,4-5,8H2,2H3. The molecule has 0 unspecified atom stereocenters. The fraction of sp³-hybridized carbons (Fsp3) is 0.333. The first-order valence-electron chi connectivity index (χ1n) is 5.28. The predicted octanol–water partition coefficient (Wildman–Crippen LogP) is 2.15. The van der Waals surface area contributed by atoms with Crippen molar-refractivity contribution in [3.63, 3.8) is 0 Å². The van der Waals surface area contributed by atoms with E-state index in [0.717, 1.165) is 0 Å². The van der Waals surface area contributed by atoms with Gasteiger partial charge in [0.25, 0.3) is 0 Å². The highest BCUT2D eigenvalue weighted by Crippen LogP contribution is 2.27. The van der Waals surface area contributed by atoms with Crippen LogP contribution in [0.25, 0.3) is 0 Å². The highest BCUT2D eigenvalue weighted by Gasteiger charge is 2.14. The Hall–Kier alpha value is -1.03. The van der Waals surface area contributed by atoms with Crippen molar-refractivity contribution in [3.05, 3.63) is 22.7 Å². The lowest BCUT2D eigenvalue weighted by Crippen LogP contribution is -2.24. The van der Waals surface area contributed by atoms with E-state index in [4.69, 9.17) is 11.2 Å². The number of unbranched alkanes of at least 4 members (excludes halogenated alkanes) is 1. The lowest BCUT2D eigenvalue weighted by molar-refractivity contribution is 0.411. The molecular weight excluding hydrogens is 318 g/mol. The minimum Gasteiger partial charge on any atom is -0.496 e. The topological polar surface area (TPSA) is 55.4 Å². The second kappa shape index (κ2) is 6.78. The molecule has 0 heterocycles. The summed E-state index contributed by atoms with van der Waals surface area (Å²) >= 11 is 3.25. The lowest BCUT2D eigenvalue weighted by Gasteiger charge is -2.08. The number of terminal acetylenes is 1. The number of hydrogen-bond acceptors (Lipinski definition) is 3. The quantitative estimate of drug-likeness (QED) is 0.641. The molecule has 0 saturated carbocycles. The van der Waals surface area contributed by atoms with Crippen LogP contribution in [0.1, 0.15) is 12.8 Å². The molecule has 1 aromatic carbocycles. The SMILES string of the molecule is C#CCCCNS(=O)(=O)c1ccc(OC)c(Br)c1. The lowest BCUT2D eigenvalue weighted by atomic mass is 10.3. The van der Waals surface area contributed by atoms with Gasteiger partial charge in [0.15, 0.2) is 0 Å². The average Bonchev–Trinajstić information content (AvgIpc) is 2.34. The van der Waals surface area contributed by atoms with E-state index in [1.54, 1.807) is 6.07 Å². The van der Waals surface area contributed by atoms with E-state index < -0.39 is 10.0 Å². The molecule has 0 bridgehead atoms. The molecule has 0 fully saturated rings. The van der Waals surface area contributed by atoms with Crippen LogP contribution in [0.15, 0.2) is 27.6 Å². The van der Waals surface area contributed by atoms with Crippen molar-refractivity contribution in [1.82, 2.24) is 4.72 Å². The number of hydrogen-bond donors (Lipinski definition) is 1. The second-order valence-corrected chi connectivity index (χ2v) is 6.12. The molecule has 4 nitrogen and oxygen atoms in total. The molecule has 18 heavy (non-hydrogen) atoms. The third-order valence-corrected chi connectivity index (χ3v) is 4.30. The summed E-state index contributed by atoms with van der Waals surface area (Å²) in [6.07, 6.45) is 6.26. The van der Waals surface area contributed by atoms with Crippen LogP contribution in [0.2, 0.25) is 0 Å². The maximum absolute atomic E-state index is 11.9. The number of methoxy groups -OCH3 is 1. The van der Waals surface area contributed by atoms with Crippen molar-refractivity contribution in [2.24, 2.45) is 0 Å². The summed E-state index contributed by atoms with van der Waals surface area (Å²) in [6.45, 7) is 0.330. The number of sulfonamides is 1. The first-order valence-corrected chi connectivity index (χ1v) is 7.55. The van der Waals surface area contributed by atoms with Crippen LogP contribution < -0.4 is 9.46 Å². The van der Waals surface area contributed by atoms with Crippen LogP contribution in [0.3, 0.4) is 0 Å². The van der Waals surface area contributed by atoms with Gasteiger partial charge in [-0.2, -0.15) is 0 Å². The van der Waals surface area contributed by atoms with Crippen molar-refractivity contribution in [1.29, 1.82) is 0 Å². The molecule has 0 aliphatic rings. The van der Waals surface area contributed by atoms with Gasteiger partial charge in [0, 0.05) is 13.0 Å². The van der Waals surface area contributed by atoms with E-state index in [-0.39, 0.29) is 4.90 Å². The van der Waals surface area contributed by atoms with Gasteiger partial charge in [-0.1, -0.05) is 0 Å². The first-order chi connectivity index (χ1) is 8.51. The summed E-state index contributed by atoms with van der Waals surface area (Å²) < 4.78 is 32.0. The molecule has 0 saturated heterocycles. The van der Waals surface area contributed by atoms with E-state index in [9.17, 15) is 8.42 Å². The molecule has 1 aromatic rings. The molecule has 0 aromatic heterocycles. The number of nitrogens with one attached hydrogen (secondary N) is 1. The van der Waals surface area contributed by atoms with Crippen molar-refractivity contribution in [2.75, 3.05) is 13.7 Å². The van der Waals surface area contributed by atoms with Gasteiger partial charge in [-0.15, -0.1) is 12.3 Å². The molecule has 1 rings (SSSR count). The molecule has 6 heteroatoms. The summed E-state index contributed by atoms with van der Waals surface area (Å²) in [4.78, 5) is 0.191. The molecule has 98 valence electrons. The highest BCUT2D eigenvalue weighted by atomic mass is 79.9. The number of benzene rings is 1.